The predicted octanol–water partition coefficient (Wildman–Crippen LogP) is 3.30. The first-order chi connectivity index (χ1) is 9.83. The molecule has 1 atom stereocenters. The highest BCUT2D eigenvalue weighted by atomic mass is 16.4. The van der Waals surface area contributed by atoms with Crippen molar-refractivity contribution in [2.45, 2.75) is 13.0 Å². The Bertz CT molecular complexity index is 667. The normalized spacial score (nSPS) is 12.1. The van der Waals surface area contributed by atoms with E-state index in [0.29, 0.717) is 5.89 Å². The Hall–Kier alpha value is -2.69. The molecule has 0 radical (unpaired) electrons. The molecule has 5 heteroatoms. The third kappa shape index (κ3) is 2.66. The van der Waals surface area contributed by atoms with E-state index in [9.17, 15) is 0 Å². The minimum absolute atomic E-state index is 0.120. The summed E-state index contributed by atoms with van der Waals surface area (Å²) < 4.78 is 5.20. The Labute approximate surface area is 116 Å². The van der Waals surface area contributed by atoms with Gasteiger partial charge in [-0.05, 0) is 37.3 Å². The second kappa shape index (κ2) is 5.52. The molecule has 0 aliphatic carbocycles. The first-order valence-corrected chi connectivity index (χ1v) is 6.37. The maximum atomic E-state index is 5.20. The molecule has 0 aliphatic heterocycles. The lowest BCUT2D eigenvalue weighted by atomic mass is 10.1. The Kier molecular flexibility index (Phi) is 3.41. The number of benzene rings is 1. The fourth-order valence-electron chi connectivity index (χ4n) is 2.00. The van der Waals surface area contributed by atoms with E-state index in [0.717, 1.165) is 16.9 Å². The minimum atomic E-state index is 0.120. The fraction of sp³-hybridized carbons (Fsp3) is 0.133. The van der Waals surface area contributed by atoms with Gasteiger partial charge in [0.1, 0.15) is 0 Å². The molecular weight excluding hydrogens is 252 g/mol. The van der Waals surface area contributed by atoms with E-state index in [1.165, 1.54) is 6.39 Å². The summed E-state index contributed by atoms with van der Waals surface area (Å²) in [6.07, 6.45) is 3.12. The molecule has 2 aromatic heterocycles. The lowest BCUT2D eigenvalue weighted by Crippen LogP contribution is -2.08. The Balaban J connectivity index is 1.80. The van der Waals surface area contributed by atoms with Gasteiger partial charge in [-0.1, -0.05) is 12.1 Å². The minimum Gasteiger partial charge on any atom is -0.423 e. The molecule has 100 valence electrons. The van der Waals surface area contributed by atoms with Gasteiger partial charge in [-0.15, -0.1) is 10.2 Å². The number of nitrogens with zero attached hydrogens (tertiary/aromatic N) is 3. The van der Waals surface area contributed by atoms with Crippen LogP contribution in [0.2, 0.25) is 0 Å². The van der Waals surface area contributed by atoms with Gasteiger partial charge in [0.25, 0.3) is 0 Å². The van der Waals surface area contributed by atoms with Crippen LogP contribution in [0.1, 0.15) is 18.7 Å². The zero-order valence-electron chi connectivity index (χ0n) is 11.0. The average Bonchev–Trinajstić information content (AvgIpc) is 3.03. The number of rotatable bonds is 4. The van der Waals surface area contributed by atoms with Gasteiger partial charge in [-0.2, -0.15) is 0 Å². The van der Waals surface area contributed by atoms with Gasteiger partial charge in [0.05, 0.1) is 11.7 Å². The monoisotopic (exact) mass is 266 g/mol. The van der Waals surface area contributed by atoms with Gasteiger partial charge in [-0.25, -0.2) is 0 Å². The van der Waals surface area contributed by atoms with Crippen molar-refractivity contribution in [3.63, 3.8) is 0 Å². The van der Waals surface area contributed by atoms with E-state index >= 15 is 0 Å². The van der Waals surface area contributed by atoms with Crippen molar-refractivity contribution >= 4 is 5.69 Å². The molecule has 1 unspecified atom stereocenters. The number of anilines is 1. The van der Waals surface area contributed by atoms with Crippen molar-refractivity contribution < 1.29 is 4.42 Å². The van der Waals surface area contributed by atoms with Crippen molar-refractivity contribution in [2.75, 3.05) is 5.32 Å². The predicted molar refractivity (Wildman–Crippen MR) is 76.0 cm³/mol. The molecule has 0 saturated carbocycles. The van der Waals surface area contributed by atoms with Crippen LogP contribution >= 0.6 is 0 Å². The summed E-state index contributed by atoms with van der Waals surface area (Å²) in [4.78, 5) is 4.34. The number of nitrogens with one attached hydrogen (secondary N) is 1. The standard InChI is InChI=1S/C15H14N4O/c1-11(14-7-2-3-8-16-14)18-13-6-4-5-12(9-13)15-19-17-10-20-15/h2-11,18H,1H3. The first-order valence-electron chi connectivity index (χ1n) is 6.37. The van der Waals surface area contributed by atoms with E-state index in [1.54, 1.807) is 6.20 Å². The molecule has 0 fully saturated rings. The second-order valence-electron chi connectivity index (χ2n) is 4.45. The van der Waals surface area contributed by atoms with Gasteiger partial charge < -0.3 is 9.73 Å². The summed E-state index contributed by atoms with van der Waals surface area (Å²) in [5, 5.41) is 11.0. The lowest BCUT2D eigenvalue weighted by molar-refractivity contribution is 0.568. The zero-order valence-corrected chi connectivity index (χ0v) is 11.0. The smallest absolute Gasteiger partial charge is 0.247 e. The van der Waals surface area contributed by atoms with Crippen LogP contribution in [0.4, 0.5) is 5.69 Å². The van der Waals surface area contributed by atoms with Gasteiger partial charge >= 0.3 is 0 Å². The molecule has 0 bridgehead atoms. The SMILES string of the molecule is CC(Nc1cccc(-c2nnco2)c1)c1ccccn1. The third-order valence-corrected chi connectivity index (χ3v) is 2.98. The molecule has 3 aromatic rings. The molecule has 0 spiro atoms. The van der Waals surface area contributed by atoms with E-state index in [-0.39, 0.29) is 6.04 Å². The maximum Gasteiger partial charge on any atom is 0.247 e. The number of pyridine rings is 1. The Morgan fingerprint density at radius 1 is 1.15 bits per heavy atom. The van der Waals surface area contributed by atoms with E-state index in [2.05, 4.69) is 27.4 Å². The summed E-state index contributed by atoms with van der Waals surface area (Å²) in [5.41, 5.74) is 2.87. The van der Waals surface area contributed by atoms with Gasteiger partial charge in [0, 0.05) is 17.4 Å². The number of aromatic nitrogens is 3. The summed E-state index contributed by atoms with van der Waals surface area (Å²) in [5.74, 6) is 0.513. The molecule has 1 aromatic carbocycles. The summed E-state index contributed by atoms with van der Waals surface area (Å²) in [6.45, 7) is 2.07. The third-order valence-electron chi connectivity index (χ3n) is 2.98. The Morgan fingerprint density at radius 3 is 2.85 bits per heavy atom. The molecule has 5 nitrogen and oxygen atoms in total. The van der Waals surface area contributed by atoms with Gasteiger partial charge in [0.2, 0.25) is 12.3 Å². The average molecular weight is 266 g/mol. The van der Waals surface area contributed by atoms with Crippen molar-refractivity contribution in [2.24, 2.45) is 0 Å². The molecule has 3 rings (SSSR count). The van der Waals surface area contributed by atoms with Crippen LogP contribution in [0.15, 0.2) is 59.5 Å². The van der Waals surface area contributed by atoms with E-state index < -0.39 is 0 Å². The van der Waals surface area contributed by atoms with Crippen LogP contribution in [0.25, 0.3) is 11.5 Å². The molecule has 0 saturated heterocycles. The largest absolute Gasteiger partial charge is 0.423 e. The molecule has 0 aliphatic rings. The molecule has 20 heavy (non-hydrogen) atoms. The van der Waals surface area contributed by atoms with Crippen LogP contribution in [0.5, 0.6) is 0 Å². The van der Waals surface area contributed by atoms with E-state index in [4.69, 9.17) is 4.42 Å². The second-order valence-corrected chi connectivity index (χ2v) is 4.45. The van der Waals surface area contributed by atoms with Crippen molar-refractivity contribution in [3.8, 4) is 11.5 Å². The lowest BCUT2D eigenvalue weighted by Gasteiger charge is -2.15. The van der Waals surface area contributed by atoms with Crippen LogP contribution in [-0.4, -0.2) is 15.2 Å². The molecule has 1 N–H and O–H groups in total. The van der Waals surface area contributed by atoms with E-state index in [1.807, 2.05) is 42.5 Å². The molecule has 0 amide bonds. The summed E-state index contributed by atoms with van der Waals surface area (Å²) in [6, 6.07) is 13.9. The van der Waals surface area contributed by atoms with Crippen LogP contribution in [-0.2, 0) is 0 Å². The summed E-state index contributed by atoms with van der Waals surface area (Å²) >= 11 is 0. The number of hydrogen-bond acceptors (Lipinski definition) is 5. The van der Waals surface area contributed by atoms with Gasteiger partial charge in [-0.3, -0.25) is 4.98 Å². The highest BCUT2D eigenvalue weighted by Gasteiger charge is 2.08. The van der Waals surface area contributed by atoms with Crippen LogP contribution in [0.3, 0.4) is 0 Å². The van der Waals surface area contributed by atoms with Crippen molar-refractivity contribution in [3.05, 3.63) is 60.7 Å². The topological polar surface area (TPSA) is 63.8 Å². The highest BCUT2D eigenvalue weighted by molar-refractivity contribution is 5.61. The van der Waals surface area contributed by atoms with Gasteiger partial charge in [0.15, 0.2) is 0 Å². The fourth-order valence-corrected chi connectivity index (χ4v) is 2.00. The molecule has 2 heterocycles. The van der Waals surface area contributed by atoms with Crippen molar-refractivity contribution in [1.82, 2.24) is 15.2 Å². The van der Waals surface area contributed by atoms with Crippen LogP contribution in [0, 0.1) is 0 Å². The maximum absolute atomic E-state index is 5.20. The summed E-state index contributed by atoms with van der Waals surface area (Å²) in [7, 11) is 0. The highest BCUT2D eigenvalue weighted by Crippen LogP contribution is 2.23. The molecular formula is C15H14N4O. The van der Waals surface area contributed by atoms with Crippen molar-refractivity contribution in [1.29, 1.82) is 0 Å². The zero-order chi connectivity index (χ0) is 13.8. The van der Waals surface area contributed by atoms with Crippen LogP contribution < -0.4 is 5.32 Å². The first kappa shape index (κ1) is 12.3. The quantitative estimate of drug-likeness (QED) is 0.785. The number of hydrogen-bond donors (Lipinski definition) is 1. The Morgan fingerprint density at radius 2 is 2.10 bits per heavy atom.